The summed E-state index contributed by atoms with van der Waals surface area (Å²) >= 11 is 0. The molecule has 1 N–H and O–H groups in total. The zero-order valence-corrected chi connectivity index (χ0v) is 18.8. The smallest absolute Gasteiger partial charge is 0.287 e. The minimum atomic E-state index is -0.331. The number of amides is 1. The molecular weight excluding hydrogens is 414 g/mol. The average molecular weight is 441 g/mol. The second kappa shape index (κ2) is 10.5. The van der Waals surface area contributed by atoms with Crippen molar-refractivity contribution in [1.29, 1.82) is 0 Å². The highest BCUT2D eigenvalue weighted by Crippen LogP contribution is 2.38. The Labute approximate surface area is 187 Å². The average Bonchev–Trinajstić information content (AvgIpc) is 3.30. The van der Waals surface area contributed by atoms with Crippen molar-refractivity contribution in [3.8, 4) is 28.7 Å². The molecule has 0 aliphatic rings. The van der Waals surface area contributed by atoms with Crippen LogP contribution in [0.2, 0.25) is 0 Å². The van der Waals surface area contributed by atoms with Crippen molar-refractivity contribution in [1.82, 2.24) is 5.32 Å². The van der Waals surface area contributed by atoms with E-state index in [4.69, 9.17) is 28.1 Å². The Morgan fingerprint density at radius 1 is 0.812 bits per heavy atom. The maximum absolute atomic E-state index is 12.6. The first kappa shape index (κ1) is 22.9. The van der Waals surface area contributed by atoms with E-state index >= 15 is 0 Å². The second-order valence-corrected chi connectivity index (χ2v) is 6.84. The molecule has 0 radical (unpaired) electrons. The van der Waals surface area contributed by atoms with Crippen molar-refractivity contribution in [3.05, 3.63) is 65.1 Å². The van der Waals surface area contributed by atoms with Crippen LogP contribution >= 0.6 is 0 Å². The monoisotopic (exact) mass is 441 g/mol. The van der Waals surface area contributed by atoms with Gasteiger partial charge in [0.05, 0.1) is 35.5 Å². The number of carbonyl (C=O) groups is 1. The van der Waals surface area contributed by atoms with Crippen LogP contribution in [0.15, 0.2) is 46.9 Å². The molecule has 2 aromatic carbocycles. The summed E-state index contributed by atoms with van der Waals surface area (Å²) in [6.45, 7) is 0.259. The first-order valence-corrected chi connectivity index (χ1v) is 9.89. The van der Waals surface area contributed by atoms with Crippen LogP contribution < -0.4 is 29.0 Å². The van der Waals surface area contributed by atoms with E-state index in [1.165, 1.54) is 7.11 Å². The van der Waals surface area contributed by atoms with E-state index in [1.54, 1.807) is 52.7 Å². The van der Waals surface area contributed by atoms with Gasteiger partial charge in [-0.15, -0.1) is 0 Å². The van der Waals surface area contributed by atoms with Crippen LogP contribution in [-0.2, 0) is 13.0 Å². The SMILES string of the molecule is COc1ccc(OC)c(Cc2ccc(C(=O)NCc3cc(OC)c(OC)c(OC)c3)o2)c1. The summed E-state index contributed by atoms with van der Waals surface area (Å²) in [5.41, 5.74) is 1.69. The van der Waals surface area contributed by atoms with Crippen LogP contribution in [0.25, 0.3) is 0 Å². The largest absolute Gasteiger partial charge is 0.497 e. The Kier molecular flexibility index (Phi) is 7.49. The van der Waals surface area contributed by atoms with E-state index in [2.05, 4.69) is 5.32 Å². The van der Waals surface area contributed by atoms with E-state index in [0.717, 1.165) is 22.6 Å². The van der Waals surface area contributed by atoms with E-state index in [0.29, 0.717) is 29.4 Å². The Hall–Kier alpha value is -3.81. The zero-order valence-electron chi connectivity index (χ0n) is 18.8. The fourth-order valence-corrected chi connectivity index (χ4v) is 3.31. The molecule has 1 aromatic heterocycles. The number of hydrogen-bond acceptors (Lipinski definition) is 7. The molecule has 3 aromatic rings. The minimum Gasteiger partial charge on any atom is -0.497 e. The van der Waals surface area contributed by atoms with Gasteiger partial charge in [0, 0.05) is 18.5 Å². The lowest BCUT2D eigenvalue weighted by molar-refractivity contribution is 0.0921. The molecule has 0 atom stereocenters. The highest BCUT2D eigenvalue weighted by atomic mass is 16.5. The van der Waals surface area contributed by atoms with Crippen LogP contribution in [0.4, 0.5) is 0 Å². The maximum Gasteiger partial charge on any atom is 0.287 e. The molecular formula is C24H27NO7. The lowest BCUT2D eigenvalue weighted by Crippen LogP contribution is -2.22. The minimum absolute atomic E-state index is 0.217. The number of benzene rings is 2. The molecule has 170 valence electrons. The molecule has 32 heavy (non-hydrogen) atoms. The predicted molar refractivity (Wildman–Crippen MR) is 118 cm³/mol. The molecule has 0 bridgehead atoms. The molecule has 0 spiro atoms. The molecule has 0 aliphatic carbocycles. The van der Waals surface area contributed by atoms with Crippen molar-refractivity contribution in [3.63, 3.8) is 0 Å². The van der Waals surface area contributed by atoms with Gasteiger partial charge >= 0.3 is 0 Å². The number of hydrogen-bond donors (Lipinski definition) is 1. The number of rotatable bonds is 10. The fourth-order valence-electron chi connectivity index (χ4n) is 3.31. The van der Waals surface area contributed by atoms with Crippen molar-refractivity contribution in [2.45, 2.75) is 13.0 Å². The number of methoxy groups -OCH3 is 5. The highest BCUT2D eigenvalue weighted by Gasteiger charge is 2.16. The molecule has 8 nitrogen and oxygen atoms in total. The molecule has 0 aliphatic heterocycles. The van der Waals surface area contributed by atoms with Crippen LogP contribution in [0.1, 0.15) is 27.4 Å². The van der Waals surface area contributed by atoms with Crippen LogP contribution in [0.3, 0.4) is 0 Å². The summed E-state index contributed by atoms with van der Waals surface area (Å²) in [5.74, 6) is 3.48. The number of furan rings is 1. The molecule has 0 saturated heterocycles. The van der Waals surface area contributed by atoms with Crippen molar-refractivity contribution in [2.24, 2.45) is 0 Å². The molecule has 0 saturated carbocycles. The number of ether oxygens (including phenoxy) is 5. The molecule has 0 fully saturated rings. The van der Waals surface area contributed by atoms with E-state index in [1.807, 2.05) is 18.2 Å². The Morgan fingerprint density at radius 3 is 2.09 bits per heavy atom. The summed E-state index contributed by atoms with van der Waals surface area (Å²) in [6, 6.07) is 12.5. The molecule has 1 heterocycles. The molecule has 8 heteroatoms. The Balaban J connectivity index is 1.69. The van der Waals surface area contributed by atoms with Gasteiger partial charge < -0.3 is 33.4 Å². The third-order valence-electron chi connectivity index (χ3n) is 4.92. The van der Waals surface area contributed by atoms with Gasteiger partial charge in [0.25, 0.3) is 5.91 Å². The van der Waals surface area contributed by atoms with Gasteiger partial charge in [0.1, 0.15) is 17.3 Å². The zero-order chi connectivity index (χ0) is 23.1. The van der Waals surface area contributed by atoms with Crippen molar-refractivity contribution < 1.29 is 32.9 Å². The first-order valence-electron chi connectivity index (χ1n) is 9.89. The van der Waals surface area contributed by atoms with Gasteiger partial charge in [-0.05, 0) is 48.0 Å². The number of carbonyl (C=O) groups excluding carboxylic acids is 1. The molecule has 3 rings (SSSR count). The Bertz CT molecular complexity index is 1050. The van der Waals surface area contributed by atoms with Crippen LogP contribution in [0, 0.1) is 0 Å². The van der Waals surface area contributed by atoms with Crippen molar-refractivity contribution >= 4 is 5.91 Å². The highest BCUT2D eigenvalue weighted by molar-refractivity contribution is 5.91. The van der Waals surface area contributed by atoms with Gasteiger partial charge in [0.15, 0.2) is 17.3 Å². The van der Waals surface area contributed by atoms with Gasteiger partial charge in [-0.1, -0.05) is 0 Å². The standard InChI is InChI=1S/C24H27NO7/c1-27-17-6-8-19(28-2)16(12-17)13-18-7-9-20(32-18)24(26)25-14-15-10-21(29-3)23(31-5)22(11-15)30-4/h6-12H,13-14H2,1-5H3,(H,25,26). The van der Waals surface area contributed by atoms with E-state index in [-0.39, 0.29) is 18.2 Å². The fraction of sp³-hybridized carbons (Fsp3) is 0.292. The van der Waals surface area contributed by atoms with Gasteiger partial charge in [-0.3, -0.25) is 4.79 Å². The second-order valence-electron chi connectivity index (χ2n) is 6.84. The van der Waals surface area contributed by atoms with Gasteiger partial charge in [-0.25, -0.2) is 0 Å². The summed E-state index contributed by atoms with van der Waals surface area (Å²) in [6.07, 6.45) is 0.459. The predicted octanol–water partition coefficient (Wildman–Crippen LogP) is 3.84. The van der Waals surface area contributed by atoms with E-state index < -0.39 is 0 Å². The maximum atomic E-state index is 12.6. The lowest BCUT2D eigenvalue weighted by atomic mass is 10.1. The van der Waals surface area contributed by atoms with Crippen molar-refractivity contribution in [2.75, 3.05) is 35.5 Å². The third kappa shape index (κ3) is 5.08. The quantitative estimate of drug-likeness (QED) is 0.511. The topological polar surface area (TPSA) is 88.4 Å². The summed E-state index contributed by atoms with van der Waals surface area (Å²) in [7, 11) is 7.84. The summed E-state index contributed by atoms with van der Waals surface area (Å²) < 4.78 is 32.5. The number of nitrogens with one attached hydrogen (secondary N) is 1. The van der Waals surface area contributed by atoms with Crippen LogP contribution in [0.5, 0.6) is 28.7 Å². The summed E-state index contributed by atoms with van der Waals surface area (Å²) in [4.78, 5) is 12.6. The van der Waals surface area contributed by atoms with Crippen LogP contribution in [-0.4, -0.2) is 41.5 Å². The van der Waals surface area contributed by atoms with Gasteiger partial charge in [0.2, 0.25) is 5.75 Å². The lowest BCUT2D eigenvalue weighted by Gasteiger charge is -2.14. The van der Waals surface area contributed by atoms with Gasteiger partial charge in [-0.2, -0.15) is 0 Å². The third-order valence-corrected chi connectivity index (χ3v) is 4.92. The molecule has 0 unspecified atom stereocenters. The Morgan fingerprint density at radius 2 is 1.50 bits per heavy atom. The summed E-state index contributed by atoms with van der Waals surface area (Å²) in [5, 5.41) is 2.84. The first-order chi connectivity index (χ1) is 15.5. The molecule has 1 amide bonds. The van der Waals surface area contributed by atoms with E-state index in [9.17, 15) is 4.79 Å². The normalized spacial score (nSPS) is 10.4.